The predicted molar refractivity (Wildman–Crippen MR) is 81.8 cm³/mol. The molecule has 0 saturated heterocycles. The predicted octanol–water partition coefficient (Wildman–Crippen LogP) is 3.12. The highest BCUT2D eigenvalue weighted by atomic mass is 32.2. The monoisotopic (exact) mass is 351 g/mol. The van der Waals surface area contributed by atoms with E-state index in [4.69, 9.17) is 0 Å². The van der Waals surface area contributed by atoms with Crippen LogP contribution in [0.15, 0.2) is 24.3 Å². The second kappa shape index (κ2) is 7.44. The van der Waals surface area contributed by atoms with Gasteiger partial charge >= 0.3 is 11.9 Å². The first-order valence-electron chi connectivity index (χ1n) is 6.98. The molecule has 1 N–H and O–H groups in total. The Morgan fingerprint density at radius 3 is 2.43 bits per heavy atom. The Hall–Kier alpha value is -1.41. The van der Waals surface area contributed by atoms with E-state index in [9.17, 15) is 22.2 Å². The summed E-state index contributed by atoms with van der Waals surface area (Å²) >= 11 is 0. The van der Waals surface area contributed by atoms with Crippen LogP contribution >= 0.6 is 0 Å². The van der Waals surface area contributed by atoms with Crippen molar-refractivity contribution >= 4 is 17.0 Å². The van der Waals surface area contributed by atoms with Crippen molar-refractivity contribution in [3.63, 3.8) is 0 Å². The van der Waals surface area contributed by atoms with Gasteiger partial charge in [0.2, 0.25) is 0 Å². The summed E-state index contributed by atoms with van der Waals surface area (Å²) in [6.07, 6.45) is 0. The molecular formula is C15H20F3NO3S. The van der Waals surface area contributed by atoms with Gasteiger partial charge in [-0.1, -0.05) is 12.1 Å². The fourth-order valence-electron chi connectivity index (χ4n) is 1.67. The molecule has 0 aliphatic rings. The lowest BCUT2D eigenvalue weighted by Crippen LogP contribution is -2.47. The zero-order valence-corrected chi connectivity index (χ0v) is 14.2. The van der Waals surface area contributed by atoms with Crippen molar-refractivity contribution in [2.45, 2.75) is 44.4 Å². The maximum Gasteiger partial charge on any atom is 0.379 e. The van der Waals surface area contributed by atoms with Crippen LogP contribution in [0.1, 0.15) is 39.3 Å². The Morgan fingerprint density at radius 2 is 1.96 bits per heavy atom. The average molecular weight is 351 g/mol. The molecular weight excluding hydrogens is 331 g/mol. The van der Waals surface area contributed by atoms with Gasteiger partial charge in [0, 0.05) is 0 Å². The zero-order chi connectivity index (χ0) is 17.8. The average Bonchev–Trinajstić information content (AvgIpc) is 2.43. The largest absolute Gasteiger partial charge is 0.462 e. The number of nitrogens with one attached hydrogen (secondary N) is 1. The lowest BCUT2D eigenvalue weighted by atomic mass is 10.0. The highest BCUT2D eigenvalue weighted by Gasteiger charge is 2.51. The van der Waals surface area contributed by atoms with Crippen molar-refractivity contribution in [3.8, 4) is 0 Å². The molecule has 23 heavy (non-hydrogen) atoms. The molecule has 0 heterocycles. The summed E-state index contributed by atoms with van der Waals surface area (Å²) in [6.45, 7) is 5.92. The lowest BCUT2D eigenvalue weighted by molar-refractivity contribution is -0.175. The van der Waals surface area contributed by atoms with Crippen LogP contribution in [0, 0.1) is 5.82 Å². The maximum atomic E-state index is 14.4. The Bertz CT molecular complexity index is 588. The van der Waals surface area contributed by atoms with Gasteiger partial charge in [-0.15, -0.1) is 0 Å². The normalized spacial score (nSPS) is 15.1. The highest BCUT2D eigenvalue weighted by molar-refractivity contribution is 7.84. The topological polar surface area (TPSA) is 55.4 Å². The number of alkyl halides is 2. The van der Waals surface area contributed by atoms with Gasteiger partial charge in [0.05, 0.1) is 22.3 Å². The molecule has 0 unspecified atom stereocenters. The summed E-state index contributed by atoms with van der Waals surface area (Å²) in [4.78, 5) is 11.6. The first-order valence-corrected chi connectivity index (χ1v) is 8.13. The number of benzene rings is 1. The van der Waals surface area contributed by atoms with E-state index in [2.05, 4.69) is 9.46 Å². The molecule has 4 nitrogen and oxygen atoms in total. The van der Waals surface area contributed by atoms with Crippen molar-refractivity contribution in [3.05, 3.63) is 35.6 Å². The third-order valence-electron chi connectivity index (χ3n) is 2.87. The Kier molecular flexibility index (Phi) is 6.35. The van der Waals surface area contributed by atoms with Gasteiger partial charge in [-0.05, 0) is 45.4 Å². The minimum absolute atomic E-state index is 0.194. The number of hydrogen-bond acceptors (Lipinski definition) is 3. The van der Waals surface area contributed by atoms with E-state index < -0.39 is 39.5 Å². The molecule has 0 fully saturated rings. The molecule has 0 radical (unpaired) electrons. The van der Waals surface area contributed by atoms with Gasteiger partial charge in [0.15, 0.2) is 0 Å². The van der Waals surface area contributed by atoms with Crippen LogP contribution in [-0.2, 0) is 20.5 Å². The minimum atomic E-state index is -4.01. The number of esters is 1. The van der Waals surface area contributed by atoms with E-state index in [0.717, 1.165) is 12.1 Å². The number of hydrogen-bond donors (Lipinski definition) is 1. The summed E-state index contributed by atoms with van der Waals surface area (Å²) in [5, 5.41) is 0. The second-order valence-corrected chi connectivity index (χ2v) is 7.83. The van der Waals surface area contributed by atoms with Crippen molar-refractivity contribution in [2.75, 3.05) is 6.61 Å². The molecule has 0 amide bonds. The van der Waals surface area contributed by atoms with E-state index in [0.29, 0.717) is 0 Å². The SMILES string of the molecule is CCOC(=O)C(F)(F)[C@@H](N[S@@](=O)C(C)(C)C)c1cccc(F)c1. The second-order valence-electron chi connectivity index (χ2n) is 5.83. The van der Waals surface area contributed by atoms with Gasteiger partial charge in [-0.25, -0.2) is 18.1 Å². The molecule has 0 aliphatic carbocycles. The van der Waals surface area contributed by atoms with Crippen molar-refractivity contribution < 1.29 is 26.9 Å². The van der Waals surface area contributed by atoms with Crippen molar-refractivity contribution in [2.24, 2.45) is 0 Å². The zero-order valence-electron chi connectivity index (χ0n) is 13.4. The van der Waals surface area contributed by atoms with Gasteiger partial charge < -0.3 is 4.74 Å². The lowest BCUT2D eigenvalue weighted by Gasteiger charge is -2.29. The molecule has 1 aromatic rings. The number of halogens is 3. The molecule has 0 aliphatic heterocycles. The first kappa shape index (κ1) is 19.6. The van der Waals surface area contributed by atoms with Gasteiger partial charge in [0.25, 0.3) is 0 Å². The molecule has 0 spiro atoms. The minimum Gasteiger partial charge on any atom is -0.462 e. The molecule has 0 saturated carbocycles. The van der Waals surface area contributed by atoms with Crippen LogP contribution in [0.25, 0.3) is 0 Å². The molecule has 130 valence electrons. The Labute approximate surface area is 136 Å². The fraction of sp³-hybridized carbons (Fsp3) is 0.533. The number of carbonyl (C=O) groups is 1. The molecule has 2 atom stereocenters. The van der Waals surface area contributed by atoms with Crippen LogP contribution in [0.5, 0.6) is 0 Å². The fourth-order valence-corrected chi connectivity index (χ4v) is 2.52. The Morgan fingerprint density at radius 1 is 1.35 bits per heavy atom. The van der Waals surface area contributed by atoms with Crippen LogP contribution in [0.2, 0.25) is 0 Å². The van der Waals surface area contributed by atoms with Crippen molar-refractivity contribution in [1.82, 2.24) is 4.72 Å². The van der Waals surface area contributed by atoms with Crippen molar-refractivity contribution in [1.29, 1.82) is 0 Å². The number of carbonyl (C=O) groups excluding carboxylic acids is 1. The molecule has 8 heteroatoms. The third-order valence-corrected chi connectivity index (χ3v) is 4.44. The summed E-state index contributed by atoms with van der Waals surface area (Å²) in [5.41, 5.74) is -0.194. The highest BCUT2D eigenvalue weighted by Crippen LogP contribution is 2.34. The summed E-state index contributed by atoms with van der Waals surface area (Å²) < 4.78 is 60.2. The summed E-state index contributed by atoms with van der Waals surface area (Å²) in [7, 11) is -1.90. The van der Waals surface area contributed by atoms with Crippen LogP contribution in [-0.4, -0.2) is 27.5 Å². The van der Waals surface area contributed by atoms with Gasteiger partial charge in [0.1, 0.15) is 11.9 Å². The van der Waals surface area contributed by atoms with Gasteiger partial charge in [-0.2, -0.15) is 8.78 Å². The summed E-state index contributed by atoms with van der Waals surface area (Å²) in [5.74, 6) is -6.51. The molecule has 0 aromatic heterocycles. The quantitative estimate of drug-likeness (QED) is 0.801. The number of rotatable bonds is 6. The first-order chi connectivity index (χ1) is 10.5. The standard InChI is InChI=1S/C15H20F3NO3S/c1-5-22-13(20)15(17,18)12(19-23(21)14(2,3)4)10-7-6-8-11(16)9-10/h6-9,12,19H,5H2,1-4H3/t12-,23-/m0/s1. The Balaban J connectivity index is 3.26. The van der Waals surface area contributed by atoms with Gasteiger partial charge in [-0.3, -0.25) is 0 Å². The third kappa shape index (κ3) is 5.04. The number of ether oxygens (including phenoxy) is 1. The van der Waals surface area contributed by atoms with Crippen LogP contribution < -0.4 is 4.72 Å². The molecule has 1 rings (SSSR count). The molecule has 0 bridgehead atoms. The van der Waals surface area contributed by atoms with E-state index >= 15 is 0 Å². The maximum absolute atomic E-state index is 14.4. The molecule has 1 aromatic carbocycles. The van der Waals surface area contributed by atoms with E-state index in [1.807, 2.05) is 0 Å². The van der Waals surface area contributed by atoms with E-state index in [1.165, 1.54) is 19.1 Å². The summed E-state index contributed by atoms with van der Waals surface area (Å²) in [6, 6.07) is 2.44. The van der Waals surface area contributed by atoms with E-state index in [1.54, 1.807) is 20.8 Å². The van der Waals surface area contributed by atoms with E-state index in [-0.39, 0.29) is 12.2 Å². The van der Waals surface area contributed by atoms with Crippen LogP contribution in [0.3, 0.4) is 0 Å². The van der Waals surface area contributed by atoms with Crippen LogP contribution in [0.4, 0.5) is 13.2 Å². The smallest absolute Gasteiger partial charge is 0.379 e.